The molecule has 2 aliphatic carbocycles. The Bertz CT molecular complexity index is 797. The van der Waals surface area contributed by atoms with E-state index in [1.165, 1.54) is 5.57 Å². The van der Waals surface area contributed by atoms with Crippen LogP contribution in [-0.4, -0.2) is 20.9 Å². The molecule has 3 heteroatoms. The molecule has 3 rings (SSSR count). The summed E-state index contributed by atoms with van der Waals surface area (Å²) in [5, 5.41) is 31.3. The van der Waals surface area contributed by atoms with E-state index in [0.717, 1.165) is 43.2 Å². The van der Waals surface area contributed by atoms with Crippen molar-refractivity contribution in [2.24, 2.45) is 11.8 Å². The maximum atomic E-state index is 11.5. The molecule has 3 N–H and O–H groups in total. The molecule has 0 fully saturated rings. The summed E-state index contributed by atoms with van der Waals surface area (Å²) in [5.74, 6) is 0.483. The Kier molecular flexibility index (Phi) is 5.61. The van der Waals surface area contributed by atoms with Gasteiger partial charge < -0.3 is 15.3 Å². The van der Waals surface area contributed by atoms with Crippen LogP contribution in [-0.2, 0) is 6.42 Å². The van der Waals surface area contributed by atoms with Gasteiger partial charge in [-0.3, -0.25) is 0 Å². The van der Waals surface area contributed by atoms with Gasteiger partial charge in [0.1, 0.15) is 17.1 Å². The average molecular weight is 367 g/mol. The van der Waals surface area contributed by atoms with Gasteiger partial charge in [-0.05, 0) is 87.3 Å². The topological polar surface area (TPSA) is 60.7 Å². The highest BCUT2D eigenvalue weighted by Gasteiger charge is 2.44. The molecule has 0 spiro atoms. The van der Waals surface area contributed by atoms with Gasteiger partial charge in [0.25, 0.3) is 0 Å². The van der Waals surface area contributed by atoms with Gasteiger partial charge in [-0.1, -0.05) is 35.9 Å². The SMILES string of the molecule is C=C(C)C1(O)C=C(O)C=C(CCc2ccc(O)cc2)[C@H]1C1C=C(C)CCC1. The van der Waals surface area contributed by atoms with Crippen molar-refractivity contribution in [3.63, 3.8) is 0 Å². The van der Waals surface area contributed by atoms with Gasteiger partial charge in [0, 0.05) is 5.92 Å². The van der Waals surface area contributed by atoms with E-state index in [0.29, 0.717) is 5.57 Å². The minimum atomic E-state index is -1.23. The smallest absolute Gasteiger partial charge is 0.115 e. The Morgan fingerprint density at radius 2 is 1.89 bits per heavy atom. The minimum absolute atomic E-state index is 0.106. The standard InChI is InChI=1S/C24H30O3/c1-16(2)24(27)15-22(26)14-20(10-7-18-8-11-21(25)12-9-18)23(24)19-6-4-5-17(3)13-19/h8-9,11-15,19,23,25-27H,1,4-7,10H2,2-3H3/t19?,23-,24?/m1/s1. The van der Waals surface area contributed by atoms with Crippen molar-refractivity contribution in [3.8, 4) is 5.75 Å². The van der Waals surface area contributed by atoms with Gasteiger partial charge in [-0.15, -0.1) is 0 Å². The zero-order chi connectivity index (χ0) is 19.6. The highest BCUT2D eigenvalue weighted by atomic mass is 16.3. The van der Waals surface area contributed by atoms with Crippen LogP contribution in [0.5, 0.6) is 5.75 Å². The first-order valence-electron chi connectivity index (χ1n) is 9.75. The van der Waals surface area contributed by atoms with E-state index in [1.807, 2.05) is 25.1 Å². The molecule has 0 aromatic heterocycles. The lowest BCUT2D eigenvalue weighted by atomic mass is 9.64. The van der Waals surface area contributed by atoms with Gasteiger partial charge in [0.15, 0.2) is 0 Å². The van der Waals surface area contributed by atoms with Crippen LogP contribution in [0.3, 0.4) is 0 Å². The van der Waals surface area contributed by atoms with Crippen LogP contribution < -0.4 is 0 Å². The van der Waals surface area contributed by atoms with Crippen LogP contribution in [0, 0.1) is 11.8 Å². The molecule has 2 aliphatic rings. The summed E-state index contributed by atoms with van der Waals surface area (Å²) in [6.07, 6.45) is 10.5. The van der Waals surface area contributed by atoms with E-state index in [1.54, 1.807) is 18.2 Å². The lowest BCUT2D eigenvalue weighted by Gasteiger charge is -2.43. The van der Waals surface area contributed by atoms with Gasteiger partial charge in [-0.2, -0.15) is 0 Å². The van der Waals surface area contributed by atoms with Crippen LogP contribution >= 0.6 is 0 Å². The van der Waals surface area contributed by atoms with E-state index in [-0.39, 0.29) is 23.3 Å². The van der Waals surface area contributed by atoms with E-state index >= 15 is 0 Å². The summed E-state index contributed by atoms with van der Waals surface area (Å²) in [7, 11) is 0. The van der Waals surface area contributed by atoms with E-state index in [2.05, 4.69) is 19.6 Å². The van der Waals surface area contributed by atoms with Gasteiger partial charge in [-0.25, -0.2) is 0 Å². The van der Waals surface area contributed by atoms with Crippen molar-refractivity contribution in [1.29, 1.82) is 0 Å². The van der Waals surface area contributed by atoms with Crippen molar-refractivity contribution < 1.29 is 15.3 Å². The van der Waals surface area contributed by atoms with Crippen LogP contribution in [0.2, 0.25) is 0 Å². The Morgan fingerprint density at radius 3 is 2.52 bits per heavy atom. The third kappa shape index (κ3) is 4.19. The second-order valence-corrected chi connectivity index (χ2v) is 8.11. The molecular weight excluding hydrogens is 336 g/mol. The number of hydrogen-bond acceptors (Lipinski definition) is 3. The largest absolute Gasteiger partial charge is 0.508 e. The molecule has 0 radical (unpaired) electrons. The van der Waals surface area contributed by atoms with Crippen LogP contribution in [0.1, 0.15) is 45.1 Å². The monoisotopic (exact) mass is 366 g/mol. The fourth-order valence-corrected chi connectivity index (χ4v) is 4.50. The number of aryl methyl sites for hydroxylation is 1. The molecule has 0 saturated carbocycles. The number of allylic oxidation sites excluding steroid dienone is 3. The zero-order valence-electron chi connectivity index (χ0n) is 16.3. The van der Waals surface area contributed by atoms with Crippen molar-refractivity contribution in [3.05, 3.63) is 77.1 Å². The number of aliphatic hydroxyl groups is 2. The molecule has 0 heterocycles. The van der Waals surface area contributed by atoms with E-state index < -0.39 is 5.60 Å². The van der Waals surface area contributed by atoms with Crippen molar-refractivity contribution in [2.45, 2.75) is 51.6 Å². The fraction of sp³-hybridized carbons (Fsp3) is 0.417. The summed E-state index contributed by atoms with van der Waals surface area (Å²) in [6.45, 7) is 8.02. The quantitative estimate of drug-likeness (QED) is 0.613. The summed E-state index contributed by atoms with van der Waals surface area (Å²) >= 11 is 0. The highest BCUT2D eigenvalue weighted by molar-refractivity contribution is 5.41. The van der Waals surface area contributed by atoms with E-state index in [9.17, 15) is 15.3 Å². The number of aliphatic hydroxyl groups excluding tert-OH is 1. The summed E-state index contributed by atoms with van der Waals surface area (Å²) in [5.41, 5.74) is 2.97. The normalized spacial score (nSPS) is 28.2. The summed E-state index contributed by atoms with van der Waals surface area (Å²) in [4.78, 5) is 0. The van der Waals surface area contributed by atoms with Crippen molar-refractivity contribution >= 4 is 0 Å². The third-order valence-electron chi connectivity index (χ3n) is 5.93. The molecule has 1 aromatic carbocycles. The van der Waals surface area contributed by atoms with Crippen LogP contribution in [0.4, 0.5) is 0 Å². The van der Waals surface area contributed by atoms with Crippen molar-refractivity contribution in [1.82, 2.24) is 0 Å². The molecular formula is C24H30O3. The first kappa shape index (κ1) is 19.5. The second kappa shape index (κ2) is 7.77. The van der Waals surface area contributed by atoms with Gasteiger partial charge in [0.05, 0.1) is 0 Å². The molecule has 144 valence electrons. The number of phenolic OH excluding ortho intramolecular Hbond substituents is 1. The van der Waals surface area contributed by atoms with Crippen LogP contribution in [0.15, 0.2) is 71.6 Å². The minimum Gasteiger partial charge on any atom is -0.508 e. The number of phenols is 1. The summed E-state index contributed by atoms with van der Waals surface area (Å²) < 4.78 is 0. The fourth-order valence-electron chi connectivity index (χ4n) is 4.50. The molecule has 0 amide bonds. The highest BCUT2D eigenvalue weighted by Crippen LogP contribution is 2.46. The van der Waals surface area contributed by atoms with Gasteiger partial charge in [0.2, 0.25) is 0 Å². The summed E-state index contributed by atoms with van der Waals surface area (Å²) in [6, 6.07) is 7.21. The maximum absolute atomic E-state index is 11.5. The molecule has 0 aliphatic heterocycles. The second-order valence-electron chi connectivity index (χ2n) is 8.11. The van der Waals surface area contributed by atoms with Gasteiger partial charge >= 0.3 is 0 Å². The first-order valence-corrected chi connectivity index (χ1v) is 9.75. The molecule has 2 unspecified atom stereocenters. The molecule has 27 heavy (non-hydrogen) atoms. The Balaban J connectivity index is 1.92. The van der Waals surface area contributed by atoms with Crippen LogP contribution in [0.25, 0.3) is 0 Å². The lowest BCUT2D eigenvalue weighted by Crippen LogP contribution is -2.44. The first-order chi connectivity index (χ1) is 12.8. The number of rotatable bonds is 5. The maximum Gasteiger partial charge on any atom is 0.115 e. The lowest BCUT2D eigenvalue weighted by molar-refractivity contribution is 0.0497. The number of hydrogen-bond donors (Lipinski definition) is 3. The molecule has 0 saturated heterocycles. The number of benzene rings is 1. The van der Waals surface area contributed by atoms with E-state index in [4.69, 9.17) is 0 Å². The molecule has 0 bridgehead atoms. The zero-order valence-corrected chi connectivity index (χ0v) is 16.3. The number of aromatic hydroxyl groups is 1. The van der Waals surface area contributed by atoms with Crippen molar-refractivity contribution in [2.75, 3.05) is 0 Å². The average Bonchev–Trinajstić information content (AvgIpc) is 2.60. The third-order valence-corrected chi connectivity index (χ3v) is 5.93. The molecule has 3 atom stereocenters. The molecule has 3 nitrogen and oxygen atoms in total. The predicted molar refractivity (Wildman–Crippen MR) is 110 cm³/mol. The molecule has 1 aromatic rings. The Morgan fingerprint density at radius 1 is 1.19 bits per heavy atom. The Hall–Kier alpha value is -2.26. The predicted octanol–water partition coefficient (Wildman–Crippen LogP) is 5.38. The Labute approximate surface area is 162 Å².